The van der Waals surface area contributed by atoms with Crippen molar-refractivity contribution in [3.63, 3.8) is 0 Å². The summed E-state index contributed by atoms with van der Waals surface area (Å²) >= 11 is 6.15. The molecule has 0 saturated carbocycles. The van der Waals surface area contributed by atoms with Crippen molar-refractivity contribution in [2.75, 3.05) is 14.1 Å². The summed E-state index contributed by atoms with van der Waals surface area (Å²) in [6.45, 7) is 2.05. The van der Waals surface area contributed by atoms with Crippen LogP contribution in [0.3, 0.4) is 0 Å². The quantitative estimate of drug-likeness (QED) is 0.715. The topological polar surface area (TPSA) is 46.3 Å². The first-order chi connectivity index (χ1) is 11.0. The zero-order chi connectivity index (χ0) is 16.6. The molecule has 5 heteroatoms. The van der Waals surface area contributed by atoms with E-state index in [1.165, 1.54) is 0 Å². The number of hydrogen-bond donors (Lipinski definition) is 0. The number of halogens is 1. The SMILES string of the molecule is CCc1cc(C(=O)N(C)C)ccc1-c1cc2nccc(Cl)c2o1. The van der Waals surface area contributed by atoms with Crippen molar-refractivity contribution >= 4 is 28.6 Å². The Balaban J connectivity index is 2.11. The molecule has 0 aliphatic carbocycles. The lowest BCUT2D eigenvalue weighted by atomic mass is 9.99. The Bertz CT molecular complexity index is 884. The van der Waals surface area contributed by atoms with E-state index in [1.54, 1.807) is 31.3 Å². The van der Waals surface area contributed by atoms with E-state index in [0.717, 1.165) is 23.1 Å². The van der Waals surface area contributed by atoms with Crippen LogP contribution in [0.25, 0.3) is 22.4 Å². The lowest BCUT2D eigenvalue weighted by Gasteiger charge is -2.12. The molecule has 3 rings (SSSR count). The number of amides is 1. The van der Waals surface area contributed by atoms with Gasteiger partial charge in [0.2, 0.25) is 0 Å². The maximum Gasteiger partial charge on any atom is 0.253 e. The van der Waals surface area contributed by atoms with Gasteiger partial charge in [-0.15, -0.1) is 0 Å². The molecule has 0 bridgehead atoms. The van der Waals surface area contributed by atoms with Gasteiger partial charge in [-0.3, -0.25) is 9.78 Å². The monoisotopic (exact) mass is 328 g/mol. The van der Waals surface area contributed by atoms with Crippen LogP contribution in [0.5, 0.6) is 0 Å². The fourth-order valence-corrected chi connectivity index (χ4v) is 2.75. The first kappa shape index (κ1) is 15.6. The highest BCUT2D eigenvalue weighted by Gasteiger charge is 2.15. The zero-order valence-electron chi connectivity index (χ0n) is 13.3. The van der Waals surface area contributed by atoms with Gasteiger partial charge in [0.15, 0.2) is 5.58 Å². The van der Waals surface area contributed by atoms with Crippen LogP contribution < -0.4 is 0 Å². The minimum Gasteiger partial charge on any atom is -0.453 e. The molecular formula is C18H17ClN2O2. The number of carbonyl (C=O) groups excluding carboxylic acids is 1. The number of rotatable bonds is 3. The number of aryl methyl sites for hydroxylation is 1. The summed E-state index contributed by atoms with van der Waals surface area (Å²) in [4.78, 5) is 18.0. The molecule has 4 nitrogen and oxygen atoms in total. The molecule has 118 valence electrons. The van der Waals surface area contributed by atoms with Gasteiger partial charge in [0.1, 0.15) is 11.3 Å². The predicted molar refractivity (Wildman–Crippen MR) is 91.9 cm³/mol. The minimum absolute atomic E-state index is 0.0134. The highest BCUT2D eigenvalue weighted by atomic mass is 35.5. The van der Waals surface area contributed by atoms with Gasteiger partial charge in [0, 0.05) is 37.5 Å². The lowest BCUT2D eigenvalue weighted by molar-refractivity contribution is 0.0827. The number of benzene rings is 1. The van der Waals surface area contributed by atoms with E-state index in [1.807, 2.05) is 24.3 Å². The van der Waals surface area contributed by atoms with Crippen LogP contribution in [0.1, 0.15) is 22.8 Å². The molecule has 2 heterocycles. The summed E-state index contributed by atoms with van der Waals surface area (Å²) in [5, 5.41) is 0.540. The molecule has 0 atom stereocenters. The maximum absolute atomic E-state index is 12.1. The number of fused-ring (bicyclic) bond motifs is 1. The fraction of sp³-hybridized carbons (Fsp3) is 0.222. The predicted octanol–water partition coefficient (Wildman–Crippen LogP) is 4.41. The second kappa shape index (κ2) is 6.05. The molecule has 1 aromatic carbocycles. The third kappa shape index (κ3) is 2.82. The molecule has 0 N–H and O–H groups in total. The second-order valence-electron chi connectivity index (χ2n) is 5.54. The largest absolute Gasteiger partial charge is 0.453 e. The summed E-state index contributed by atoms with van der Waals surface area (Å²) in [6.07, 6.45) is 2.45. The van der Waals surface area contributed by atoms with E-state index in [-0.39, 0.29) is 5.91 Å². The van der Waals surface area contributed by atoms with Crippen LogP contribution >= 0.6 is 11.6 Å². The second-order valence-corrected chi connectivity index (χ2v) is 5.95. The third-order valence-corrected chi connectivity index (χ3v) is 4.07. The molecule has 0 radical (unpaired) electrons. The molecule has 3 aromatic rings. The van der Waals surface area contributed by atoms with Crippen molar-refractivity contribution in [1.82, 2.24) is 9.88 Å². The van der Waals surface area contributed by atoms with Crippen molar-refractivity contribution in [2.24, 2.45) is 0 Å². The van der Waals surface area contributed by atoms with Crippen LogP contribution in [0.2, 0.25) is 5.02 Å². The van der Waals surface area contributed by atoms with E-state index < -0.39 is 0 Å². The maximum atomic E-state index is 12.1. The number of nitrogens with zero attached hydrogens (tertiary/aromatic N) is 2. The molecule has 0 saturated heterocycles. The number of furan rings is 1. The number of pyridine rings is 1. The van der Waals surface area contributed by atoms with Crippen LogP contribution in [-0.4, -0.2) is 29.9 Å². The van der Waals surface area contributed by atoms with Crippen molar-refractivity contribution in [1.29, 1.82) is 0 Å². The molecule has 0 aliphatic heterocycles. The van der Waals surface area contributed by atoms with Crippen LogP contribution in [0.4, 0.5) is 0 Å². The molecular weight excluding hydrogens is 312 g/mol. The van der Waals surface area contributed by atoms with E-state index in [2.05, 4.69) is 11.9 Å². The Morgan fingerprint density at radius 3 is 2.70 bits per heavy atom. The number of aromatic nitrogens is 1. The van der Waals surface area contributed by atoms with E-state index in [4.69, 9.17) is 16.0 Å². The first-order valence-electron chi connectivity index (χ1n) is 7.40. The molecule has 0 spiro atoms. The number of hydrogen-bond acceptors (Lipinski definition) is 3. The Morgan fingerprint density at radius 1 is 1.26 bits per heavy atom. The fourth-order valence-electron chi connectivity index (χ4n) is 2.56. The minimum atomic E-state index is -0.0134. The van der Waals surface area contributed by atoms with Gasteiger partial charge >= 0.3 is 0 Å². The molecule has 1 amide bonds. The Labute approximate surface area is 139 Å². The molecule has 0 aliphatic rings. The zero-order valence-corrected chi connectivity index (χ0v) is 14.0. The average Bonchev–Trinajstić information content (AvgIpc) is 2.98. The van der Waals surface area contributed by atoms with Crippen molar-refractivity contribution in [3.05, 3.63) is 52.7 Å². The summed E-state index contributed by atoms with van der Waals surface area (Å²) in [5.74, 6) is 0.696. The summed E-state index contributed by atoms with van der Waals surface area (Å²) in [5.41, 5.74) is 3.98. The molecule has 0 unspecified atom stereocenters. The van der Waals surface area contributed by atoms with Gasteiger partial charge in [-0.25, -0.2) is 0 Å². The lowest BCUT2D eigenvalue weighted by Crippen LogP contribution is -2.21. The summed E-state index contributed by atoms with van der Waals surface area (Å²) in [6, 6.07) is 9.24. The standard InChI is InChI=1S/C18H17ClN2O2/c1-4-11-9-12(18(22)21(2)3)5-6-13(11)16-10-15-17(23-16)14(19)7-8-20-15/h5-10H,4H2,1-3H3. The van der Waals surface area contributed by atoms with Crippen LogP contribution in [0.15, 0.2) is 40.9 Å². The molecule has 0 fully saturated rings. The van der Waals surface area contributed by atoms with Gasteiger partial charge in [0.05, 0.1) is 5.02 Å². The van der Waals surface area contributed by atoms with E-state index in [9.17, 15) is 4.79 Å². The first-order valence-corrected chi connectivity index (χ1v) is 7.78. The van der Waals surface area contributed by atoms with E-state index >= 15 is 0 Å². The Kier molecular flexibility index (Phi) is 4.09. The highest BCUT2D eigenvalue weighted by molar-refractivity contribution is 6.34. The third-order valence-electron chi connectivity index (χ3n) is 3.77. The van der Waals surface area contributed by atoms with E-state index in [0.29, 0.717) is 21.9 Å². The van der Waals surface area contributed by atoms with Crippen molar-refractivity contribution < 1.29 is 9.21 Å². The summed E-state index contributed by atoms with van der Waals surface area (Å²) < 4.78 is 5.89. The van der Waals surface area contributed by atoms with Gasteiger partial charge in [0.25, 0.3) is 5.91 Å². The molecule has 23 heavy (non-hydrogen) atoms. The van der Waals surface area contributed by atoms with Gasteiger partial charge in [-0.2, -0.15) is 0 Å². The van der Waals surface area contributed by atoms with Crippen molar-refractivity contribution in [3.8, 4) is 11.3 Å². The normalized spacial score (nSPS) is 11.0. The highest BCUT2D eigenvalue weighted by Crippen LogP contribution is 2.33. The molecule has 2 aromatic heterocycles. The van der Waals surface area contributed by atoms with Gasteiger partial charge in [-0.1, -0.05) is 24.6 Å². The summed E-state index contributed by atoms with van der Waals surface area (Å²) in [7, 11) is 3.49. The average molecular weight is 329 g/mol. The smallest absolute Gasteiger partial charge is 0.253 e. The van der Waals surface area contributed by atoms with Crippen molar-refractivity contribution in [2.45, 2.75) is 13.3 Å². The van der Waals surface area contributed by atoms with Crippen LogP contribution in [0, 0.1) is 0 Å². The van der Waals surface area contributed by atoms with Gasteiger partial charge < -0.3 is 9.32 Å². The Hall–Kier alpha value is -2.33. The Morgan fingerprint density at radius 2 is 2.04 bits per heavy atom. The van der Waals surface area contributed by atoms with Crippen LogP contribution in [-0.2, 0) is 6.42 Å². The number of carbonyl (C=O) groups is 1. The van der Waals surface area contributed by atoms with Gasteiger partial charge in [-0.05, 0) is 30.2 Å².